The van der Waals surface area contributed by atoms with Crippen molar-refractivity contribution >= 4 is 16.8 Å². The Labute approximate surface area is 168 Å². The topological polar surface area (TPSA) is 76.5 Å². The molecule has 0 aliphatic carbocycles. The highest BCUT2D eigenvalue weighted by molar-refractivity contribution is 5.95. The molecule has 1 saturated heterocycles. The third kappa shape index (κ3) is 4.14. The molecular formula is C22H24N4O3. The zero-order valence-corrected chi connectivity index (χ0v) is 16.4. The summed E-state index contributed by atoms with van der Waals surface area (Å²) in [5, 5.41) is 6.79. The van der Waals surface area contributed by atoms with Crippen molar-refractivity contribution in [2.24, 2.45) is 0 Å². The first-order valence-corrected chi connectivity index (χ1v) is 9.84. The van der Waals surface area contributed by atoms with E-state index in [9.17, 15) is 9.59 Å². The number of methoxy groups -OCH3 is 1. The number of fused-ring (bicyclic) bond motifs is 1. The summed E-state index contributed by atoms with van der Waals surface area (Å²) in [6, 6.07) is 14.9. The minimum atomic E-state index is -0.453. The van der Waals surface area contributed by atoms with Crippen LogP contribution in [0.1, 0.15) is 35.3 Å². The van der Waals surface area contributed by atoms with E-state index in [-0.39, 0.29) is 11.1 Å². The molecule has 150 valence electrons. The van der Waals surface area contributed by atoms with Gasteiger partial charge in [0.1, 0.15) is 5.75 Å². The lowest BCUT2D eigenvalue weighted by Crippen LogP contribution is -2.46. The number of hydrogen-bond acceptors (Lipinski definition) is 5. The van der Waals surface area contributed by atoms with Crippen molar-refractivity contribution in [3.8, 4) is 5.75 Å². The number of rotatable bonds is 5. The predicted octanol–water partition coefficient (Wildman–Crippen LogP) is 2.58. The Morgan fingerprint density at radius 1 is 1.07 bits per heavy atom. The van der Waals surface area contributed by atoms with Gasteiger partial charge in [-0.1, -0.05) is 30.7 Å². The Kier molecular flexibility index (Phi) is 5.57. The molecule has 1 fully saturated rings. The second-order valence-corrected chi connectivity index (χ2v) is 7.19. The van der Waals surface area contributed by atoms with Gasteiger partial charge in [0.2, 0.25) is 5.43 Å². The second kappa shape index (κ2) is 8.45. The van der Waals surface area contributed by atoms with Crippen molar-refractivity contribution in [2.45, 2.75) is 25.8 Å². The molecule has 4 rings (SSSR count). The van der Waals surface area contributed by atoms with E-state index in [1.807, 2.05) is 41.4 Å². The molecule has 0 spiro atoms. The van der Waals surface area contributed by atoms with Crippen LogP contribution in [-0.4, -0.2) is 40.9 Å². The first-order chi connectivity index (χ1) is 14.2. The van der Waals surface area contributed by atoms with Crippen LogP contribution in [0.4, 0.5) is 0 Å². The lowest BCUT2D eigenvalue weighted by atomic mass is 10.1. The van der Waals surface area contributed by atoms with Crippen molar-refractivity contribution in [1.82, 2.24) is 20.2 Å². The molecule has 1 N–H and O–H groups in total. The molecule has 1 aromatic heterocycles. The number of aromatic nitrogens is 2. The molecule has 3 aromatic rings. The maximum Gasteiger partial charge on any atom is 0.290 e. The highest BCUT2D eigenvalue weighted by Crippen LogP contribution is 2.15. The smallest absolute Gasteiger partial charge is 0.290 e. The maximum atomic E-state index is 12.9. The van der Waals surface area contributed by atoms with Crippen molar-refractivity contribution < 1.29 is 9.53 Å². The number of nitrogens with one attached hydrogen (secondary N) is 1. The predicted molar refractivity (Wildman–Crippen MR) is 111 cm³/mol. The van der Waals surface area contributed by atoms with Crippen LogP contribution < -0.4 is 15.6 Å². The number of piperidine rings is 1. The Hall–Kier alpha value is -3.19. The summed E-state index contributed by atoms with van der Waals surface area (Å²) in [5.41, 5.74) is 4.11. The third-order valence-corrected chi connectivity index (χ3v) is 5.18. The maximum absolute atomic E-state index is 12.9. The zero-order valence-electron chi connectivity index (χ0n) is 16.4. The van der Waals surface area contributed by atoms with E-state index in [2.05, 4.69) is 10.5 Å². The van der Waals surface area contributed by atoms with Gasteiger partial charge < -0.3 is 4.74 Å². The molecule has 1 aliphatic rings. The molecule has 29 heavy (non-hydrogen) atoms. The number of ether oxygens (including phenoxy) is 1. The number of nitrogens with zero attached hydrogens (tertiary/aromatic N) is 3. The molecule has 0 radical (unpaired) electrons. The molecule has 2 aromatic carbocycles. The van der Waals surface area contributed by atoms with Crippen LogP contribution in [0.15, 0.2) is 53.3 Å². The van der Waals surface area contributed by atoms with Crippen molar-refractivity contribution in [3.05, 3.63) is 70.0 Å². The highest BCUT2D eigenvalue weighted by Gasteiger charge is 2.20. The number of carbonyl (C=O) groups excluding carboxylic acids is 1. The second-order valence-electron chi connectivity index (χ2n) is 7.19. The van der Waals surface area contributed by atoms with E-state index in [1.54, 1.807) is 23.9 Å². The molecule has 2 heterocycles. The normalized spacial score (nSPS) is 14.7. The molecule has 1 amide bonds. The van der Waals surface area contributed by atoms with Crippen LogP contribution >= 0.6 is 0 Å². The Morgan fingerprint density at radius 2 is 1.79 bits per heavy atom. The van der Waals surface area contributed by atoms with Crippen molar-refractivity contribution in [1.29, 1.82) is 0 Å². The van der Waals surface area contributed by atoms with Crippen LogP contribution in [0.2, 0.25) is 0 Å². The number of hydrazine groups is 1. The SMILES string of the molecule is COc1ccc(Cn2nc(C(=O)NN3CCCCC3)c(=O)c3ccccc32)cc1. The summed E-state index contributed by atoms with van der Waals surface area (Å²) in [5.74, 6) is 0.319. The number of benzene rings is 2. The number of hydrogen-bond donors (Lipinski definition) is 1. The third-order valence-electron chi connectivity index (χ3n) is 5.18. The van der Waals surface area contributed by atoms with Crippen molar-refractivity contribution in [3.63, 3.8) is 0 Å². The average molecular weight is 392 g/mol. The number of carbonyl (C=O) groups is 1. The zero-order chi connectivity index (χ0) is 20.2. The summed E-state index contributed by atoms with van der Waals surface area (Å²) in [4.78, 5) is 25.7. The number of amides is 1. The lowest BCUT2D eigenvalue weighted by molar-refractivity contribution is 0.0741. The summed E-state index contributed by atoms with van der Waals surface area (Å²) in [6.07, 6.45) is 3.23. The van der Waals surface area contributed by atoms with E-state index < -0.39 is 5.91 Å². The van der Waals surface area contributed by atoms with Crippen molar-refractivity contribution in [2.75, 3.05) is 20.2 Å². The van der Waals surface area contributed by atoms with Gasteiger partial charge in [0.05, 0.1) is 19.2 Å². The number of para-hydroxylation sites is 1. The fourth-order valence-electron chi connectivity index (χ4n) is 3.61. The van der Waals surface area contributed by atoms with E-state index in [0.717, 1.165) is 43.7 Å². The largest absolute Gasteiger partial charge is 0.497 e. The Morgan fingerprint density at radius 3 is 2.52 bits per heavy atom. The molecule has 0 bridgehead atoms. The lowest BCUT2D eigenvalue weighted by Gasteiger charge is -2.26. The molecule has 7 nitrogen and oxygen atoms in total. The summed E-state index contributed by atoms with van der Waals surface area (Å²) >= 11 is 0. The first-order valence-electron chi connectivity index (χ1n) is 9.84. The molecule has 0 atom stereocenters. The first kappa shape index (κ1) is 19.1. The molecular weight excluding hydrogens is 368 g/mol. The van der Waals surface area contributed by atoms with Crippen LogP contribution in [-0.2, 0) is 6.54 Å². The minimum Gasteiger partial charge on any atom is -0.497 e. The quantitative estimate of drug-likeness (QED) is 0.722. The van der Waals surface area contributed by atoms with Gasteiger partial charge in [0.25, 0.3) is 5.91 Å². The van der Waals surface area contributed by atoms with Crippen LogP contribution in [0.3, 0.4) is 0 Å². The summed E-state index contributed by atoms with van der Waals surface area (Å²) in [7, 11) is 1.62. The molecule has 7 heteroatoms. The minimum absolute atomic E-state index is 0.0808. The van der Waals surface area contributed by atoms with Gasteiger partial charge in [0, 0.05) is 18.5 Å². The van der Waals surface area contributed by atoms with Crippen LogP contribution in [0, 0.1) is 0 Å². The standard InChI is InChI=1S/C22H24N4O3/c1-29-17-11-9-16(10-12-17)15-26-19-8-4-3-7-18(19)21(27)20(23-26)22(28)24-25-13-5-2-6-14-25/h3-4,7-12H,2,5-6,13-15H2,1H3,(H,24,28). The van der Waals surface area contributed by atoms with Gasteiger partial charge in [-0.2, -0.15) is 5.10 Å². The summed E-state index contributed by atoms with van der Waals surface area (Å²) in [6.45, 7) is 2.02. The van der Waals surface area contributed by atoms with Gasteiger partial charge in [0.15, 0.2) is 5.69 Å². The monoisotopic (exact) mass is 392 g/mol. The van der Waals surface area contributed by atoms with Crippen LogP contribution in [0.25, 0.3) is 10.9 Å². The summed E-state index contributed by atoms with van der Waals surface area (Å²) < 4.78 is 6.92. The van der Waals surface area contributed by atoms with E-state index in [0.29, 0.717) is 17.4 Å². The highest BCUT2D eigenvalue weighted by atomic mass is 16.5. The van der Waals surface area contributed by atoms with Gasteiger partial charge >= 0.3 is 0 Å². The van der Waals surface area contributed by atoms with Gasteiger partial charge in [-0.15, -0.1) is 0 Å². The molecule has 0 unspecified atom stereocenters. The molecule has 0 saturated carbocycles. The van der Waals surface area contributed by atoms with Gasteiger partial charge in [-0.3, -0.25) is 19.7 Å². The fourth-order valence-corrected chi connectivity index (χ4v) is 3.61. The van der Waals surface area contributed by atoms with E-state index in [4.69, 9.17) is 4.74 Å². The van der Waals surface area contributed by atoms with Gasteiger partial charge in [-0.05, 0) is 42.7 Å². The van der Waals surface area contributed by atoms with E-state index in [1.165, 1.54) is 0 Å². The van der Waals surface area contributed by atoms with Gasteiger partial charge in [-0.25, -0.2) is 5.01 Å². The van der Waals surface area contributed by atoms with E-state index >= 15 is 0 Å². The Bertz CT molecular complexity index is 1070. The molecule has 1 aliphatic heterocycles. The van der Waals surface area contributed by atoms with Crippen LogP contribution in [0.5, 0.6) is 5.75 Å². The Balaban J connectivity index is 1.70. The fraction of sp³-hybridized carbons (Fsp3) is 0.318. The average Bonchev–Trinajstić information content (AvgIpc) is 2.77.